The minimum atomic E-state index is -0.325. The van der Waals surface area contributed by atoms with E-state index in [0.717, 1.165) is 11.3 Å². The first-order chi connectivity index (χ1) is 9.02. The molecular formula is C16H18FNO. The summed E-state index contributed by atoms with van der Waals surface area (Å²) in [6.07, 6.45) is 0. The first-order valence-corrected chi connectivity index (χ1v) is 6.23. The molecule has 0 unspecified atom stereocenters. The van der Waals surface area contributed by atoms with E-state index in [-0.39, 0.29) is 12.4 Å². The fourth-order valence-electron chi connectivity index (χ4n) is 2.23. The van der Waals surface area contributed by atoms with Gasteiger partial charge in [-0.25, -0.2) is 4.39 Å². The number of benzene rings is 2. The molecule has 0 amide bonds. The van der Waals surface area contributed by atoms with Crippen molar-refractivity contribution in [3.8, 4) is 0 Å². The number of halogens is 1. The van der Waals surface area contributed by atoms with E-state index in [1.165, 1.54) is 11.6 Å². The van der Waals surface area contributed by atoms with Gasteiger partial charge >= 0.3 is 0 Å². The van der Waals surface area contributed by atoms with Gasteiger partial charge in [0, 0.05) is 12.7 Å². The van der Waals surface area contributed by atoms with Crippen LogP contribution in [0.2, 0.25) is 0 Å². The van der Waals surface area contributed by atoms with Gasteiger partial charge in [0.1, 0.15) is 5.82 Å². The largest absolute Gasteiger partial charge is 0.392 e. The number of anilines is 2. The van der Waals surface area contributed by atoms with E-state index in [1.807, 2.05) is 37.9 Å². The predicted molar refractivity (Wildman–Crippen MR) is 76.3 cm³/mol. The third-order valence-corrected chi connectivity index (χ3v) is 3.27. The molecule has 0 atom stereocenters. The second kappa shape index (κ2) is 5.41. The number of aliphatic hydroxyl groups excluding tert-OH is 1. The number of rotatable bonds is 3. The van der Waals surface area contributed by atoms with Crippen LogP contribution < -0.4 is 4.90 Å². The van der Waals surface area contributed by atoms with Crippen molar-refractivity contribution in [3.05, 3.63) is 58.9 Å². The van der Waals surface area contributed by atoms with E-state index in [0.29, 0.717) is 11.3 Å². The van der Waals surface area contributed by atoms with Gasteiger partial charge in [0.05, 0.1) is 12.3 Å². The third-order valence-electron chi connectivity index (χ3n) is 3.27. The van der Waals surface area contributed by atoms with Crippen molar-refractivity contribution in [1.29, 1.82) is 0 Å². The summed E-state index contributed by atoms with van der Waals surface area (Å²) in [5.74, 6) is -0.325. The molecule has 0 bridgehead atoms. The molecule has 0 radical (unpaired) electrons. The summed E-state index contributed by atoms with van der Waals surface area (Å²) in [5, 5.41) is 9.00. The lowest BCUT2D eigenvalue weighted by molar-refractivity contribution is 0.281. The Labute approximate surface area is 113 Å². The van der Waals surface area contributed by atoms with E-state index in [1.54, 1.807) is 12.1 Å². The molecule has 0 spiro atoms. The Hall–Kier alpha value is -1.87. The molecule has 2 aromatic carbocycles. The molecule has 19 heavy (non-hydrogen) atoms. The van der Waals surface area contributed by atoms with Crippen LogP contribution in [-0.2, 0) is 6.61 Å². The maximum absolute atomic E-state index is 14.0. The monoisotopic (exact) mass is 259 g/mol. The highest BCUT2D eigenvalue weighted by atomic mass is 19.1. The van der Waals surface area contributed by atoms with Crippen molar-refractivity contribution in [2.45, 2.75) is 20.5 Å². The number of nitrogens with zero attached hydrogens (tertiary/aromatic N) is 1. The molecule has 0 saturated heterocycles. The summed E-state index contributed by atoms with van der Waals surface area (Å²) in [6, 6.07) is 10.9. The zero-order chi connectivity index (χ0) is 14.0. The molecule has 0 fully saturated rings. The zero-order valence-corrected chi connectivity index (χ0v) is 11.4. The maximum atomic E-state index is 14.0. The van der Waals surface area contributed by atoms with Crippen LogP contribution in [0.25, 0.3) is 0 Å². The minimum Gasteiger partial charge on any atom is -0.392 e. The van der Waals surface area contributed by atoms with E-state index in [4.69, 9.17) is 5.11 Å². The third kappa shape index (κ3) is 2.76. The molecule has 1 N–H and O–H groups in total. The van der Waals surface area contributed by atoms with Gasteiger partial charge in [-0.2, -0.15) is 0 Å². The topological polar surface area (TPSA) is 23.5 Å². The summed E-state index contributed by atoms with van der Waals surface area (Å²) in [4.78, 5) is 1.82. The van der Waals surface area contributed by atoms with Crippen molar-refractivity contribution in [2.75, 3.05) is 11.9 Å². The average molecular weight is 259 g/mol. The Morgan fingerprint density at radius 3 is 2.32 bits per heavy atom. The SMILES string of the molecule is Cc1ccc(N(C)c2ccc(CO)cc2F)c(C)c1. The quantitative estimate of drug-likeness (QED) is 0.908. The van der Waals surface area contributed by atoms with Crippen LogP contribution >= 0.6 is 0 Å². The number of hydrogen-bond acceptors (Lipinski definition) is 2. The van der Waals surface area contributed by atoms with Crippen molar-refractivity contribution in [3.63, 3.8) is 0 Å². The molecule has 2 nitrogen and oxygen atoms in total. The fourth-order valence-corrected chi connectivity index (χ4v) is 2.23. The van der Waals surface area contributed by atoms with E-state index in [2.05, 4.69) is 6.07 Å². The van der Waals surface area contributed by atoms with Gasteiger partial charge in [0.25, 0.3) is 0 Å². The van der Waals surface area contributed by atoms with Gasteiger partial charge in [0.15, 0.2) is 0 Å². The van der Waals surface area contributed by atoms with Crippen molar-refractivity contribution >= 4 is 11.4 Å². The average Bonchev–Trinajstić information content (AvgIpc) is 2.37. The molecule has 0 saturated carbocycles. The van der Waals surface area contributed by atoms with Crippen LogP contribution in [0.4, 0.5) is 15.8 Å². The summed E-state index contributed by atoms with van der Waals surface area (Å²) >= 11 is 0. The highest BCUT2D eigenvalue weighted by molar-refractivity contribution is 5.66. The number of hydrogen-bond donors (Lipinski definition) is 1. The van der Waals surface area contributed by atoms with Crippen molar-refractivity contribution in [1.82, 2.24) is 0 Å². The summed E-state index contributed by atoms with van der Waals surface area (Å²) in [5.41, 5.74) is 4.35. The molecule has 0 aromatic heterocycles. The molecule has 0 aliphatic heterocycles. The van der Waals surface area contributed by atoms with E-state index < -0.39 is 0 Å². The van der Waals surface area contributed by atoms with Gasteiger partial charge in [-0.1, -0.05) is 23.8 Å². The standard InChI is InChI=1S/C16H18FNO/c1-11-4-6-15(12(2)8-11)18(3)16-7-5-13(10-19)9-14(16)17/h4-9,19H,10H2,1-3H3. The summed E-state index contributed by atoms with van der Waals surface area (Å²) < 4.78 is 14.0. The van der Waals surface area contributed by atoms with E-state index >= 15 is 0 Å². The van der Waals surface area contributed by atoms with Crippen LogP contribution in [0.3, 0.4) is 0 Å². The van der Waals surface area contributed by atoms with Crippen LogP contribution in [0.5, 0.6) is 0 Å². The Morgan fingerprint density at radius 2 is 1.74 bits per heavy atom. The second-order valence-electron chi connectivity index (χ2n) is 4.79. The van der Waals surface area contributed by atoms with Crippen LogP contribution in [-0.4, -0.2) is 12.2 Å². The molecule has 3 heteroatoms. The Morgan fingerprint density at radius 1 is 1.05 bits per heavy atom. The molecule has 100 valence electrons. The lowest BCUT2D eigenvalue weighted by Crippen LogP contribution is -2.12. The normalized spacial score (nSPS) is 10.6. The molecular weight excluding hydrogens is 241 g/mol. The molecule has 2 rings (SSSR count). The van der Waals surface area contributed by atoms with Gasteiger partial charge in [0.2, 0.25) is 0 Å². The van der Waals surface area contributed by atoms with Gasteiger partial charge in [-0.3, -0.25) is 0 Å². The Bertz CT molecular complexity index is 595. The predicted octanol–water partition coefficient (Wildman–Crippen LogP) is 3.70. The second-order valence-corrected chi connectivity index (χ2v) is 4.79. The Kier molecular flexibility index (Phi) is 3.86. The van der Waals surface area contributed by atoms with Crippen molar-refractivity contribution in [2.24, 2.45) is 0 Å². The first-order valence-electron chi connectivity index (χ1n) is 6.23. The van der Waals surface area contributed by atoms with Crippen LogP contribution in [0.1, 0.15) is 16.7 Å². The van der Waals surface area contributed by atoms with Gasteiger partial charge in [-0.15, -0.1) is 0 Å². The molecule has 0 heterocycles. The fraction of sp³-hybridized carbons (Fsp3) is 0.250. The van der Waals surface area contributed by atoms with Crippen LogP contribution in [0.15, 0.2) is 36.4 Å². The highest BCUT2D eigenvalue weighted by Gasteiger charge is 2.12. The minimum absolute atomic E-state index is 0.148. The lowest BCUT2D eigenvalue weighted by atomic mass is 10.1. The number of aryl methyl sites for hydroxylation is 2. The van der Waals surface area contributed by atoms with E-state index in [9.17, 15) is 4.39 Å². The Balaban J connectivity index is 2.41. The van der Waals surface area contributed by atoms with Crippen molar-refractivity contribution < 1.29 is 9.50 Å². The van der Waals surface area contributed by atoms with Crippen LogP contribution in [0, 0.1) is 19.7 Å². The highest BCUT2D eigenvalue weighted by Crippen LogP contribution is 2.29. The first kappa shape index (κ1) is 13.6. The smallest absolute Gasteiger partial charge is 0.147 e. The maximum Gasteiger partial charge on any atom is 0.147 e. The molecule has 0 aliphatic rings. The molecule has 2 aromatic rings. The molecule has 0 aliphatic carbocycles. The lowest BCUT2D eigenvalue weighted by Gasteiger charge is -2.22. The number of aliphatic hydroxyl groups is 1. The summed E-state index contributed by atoms with van der Waals surface area (Å²) in [7, 11) is 1.84. The van der Waals surface area contributed by atoms with Gasteiger partial charge in [-0.05, 0) is 43.2 Å². The summed E-state index contributed by atoms with van der Waals surface area (Å²) in [6.45, 7) is 3.90. The van der Waals surface area contributed by atoms with Gasteiger partial charge < -0.3 is 10.0 Å². The zero-order valence-electron chi connectivity index (χ0n) is 11.4.